The first-order valence-corrected chi connectivity index (χ1v) is 5.49. The second kappa shape index (κ2) is 5.65. The molecule has 0 fully saturated rings. The molecule has 0 aliphatic heterocycles. The number of hydrogen-bond donors (Lipinski definition) is 3. The van der Waals surface area contributed by atoms with Gasteiger partial charge in [-0.2, -0.15) is 4.98 Å². The fourth-order valence-corrected chi connectivity index (χ4v) is 1.58. The van der Waals surface area contributed by atoms with Crippen LogP contribution in [0.3, 0.4) is 0 Å². The van der Waals surface area contributed by atoms with Crippen LogP contribution in [0.4, 0.5) is 11.8 Å². The largest absolute Gasteiger partial charge is 0.393 e. The average Bonchev–Trinajstić information content (AvgIpc) is 2.14. The van der Waals surface area contributed by atoms with Crippen LogP contribution in [0.15, 0.2) is 6.07 Å². The first-order chi connectivity index (χ1) is 7.51. The summed E-state index contributed by atoms with van der Waals surface area (Å²) in [6, 6.07) is 2.07. The second-order valence-electron chi connectivity index (χ2n) is 4.10. The van der Waals surface area contributed by atoms with Gasteiger partial charge in [-0.15, -0.1) is 0 Å². The van der Waals surface area contributed by atoms with Gasteiger partial charge in [0.25, 0.3) is 0 Å². The minimum atomic E-state index is -0.311. The number of anilines is 2. The maximum Gasteiger partial charge on any atom is 0.224 e. The number of aryl methyl sites for hydroxylation is 1. The van der Waals surface area contributed by atoms with Crippen molar-refractivity contribution in [3.05, 3.63) is 11.8 Å². The summed E-state index contributed by atoms with van der Waals surface area (Å²) in [5, 5.41) is 15.4. The first kappa shape index (κ1) is 12.7. The van der Waals surface area contributed by atoms with Gasteiger partial charge >= 0.3 is 0 Å². The van der Waals surface area contributed by atoms with E-state index in [1.54, 1.807) is 14.0 Å². The molecule has 5 nitrogen and oxygen atoms in total. The predicted molar refractivity (Wildman–Crippen MR) is 65.7 cm³/mol. The van der Waals surface area contributed by atoms with E-state index in [9.17, 15) is 5.11 Å². The van der Waals surface area contributed by atoms with Gasteiger partial charge in [0, 0.05) is 24.8 Å². The predicted octanol–water partition coefficient (Wildman–Crippen LogP) is 1.40. The minimum absolute atomic E-state index is 0.180. The van der Waals surface area contributed by atoms with Crippen molar-refractivity contribution in [1.82, 2.24) is 9.97 Å². The van der Waals surface area contributed by atoms with E-state index >= 15 is 0 Å². The van der Waals surface area contributed by atoms with Gasteiger partial charge in [0.2, 0.25) is 5.95 Å². The molecule has 0 aliphatic rings. The topological polar surface area (TPSA) is 70.1 Å². The van der Waals surface area contributed by atoms with Crippen molar-refractivity contribution in [3.8, 4) is 0 Å². The molecule has 0 saturated heterocycles. The van der Waals surface area contributed by atoms with E-state index in [1.807, 2.05) is 19.9 Å². The lowest BCUT2D eigenvalue weighted by Gasteiger charge is -2.16. The molecule has 90 valence electrons. The fourth-order valence-electron chi connectivity index (χ4n) is 1.58. The first-order valence-electron chi connectivity index (χ1n) is 5.49. The van der Waals surface area contributed by atoms with E-state index < -0.39 is 0 Å². The molecule has 3 N–H and O–H groups in total. The van der Waals surface area contributed by atoms with Crippen molar-refractivity contribution in [2.75, 3.05) is 17.7 Å². The summed E-state index contributed by atoms with van der Waals surface area (Å²) in [4.78, 5) is 8.49. The Balaban J connectivity index is 2.69. The average molecular weight is 224 g/mol. The number of hydrogen-bond acceptors (Lipinski definition) is 5. The van der Waals surface area contributed by atoms with Crippen LogP contribution < -0.4 is 10.6 Å². The third-order valence-corrected chi connectivity index (χ3v) is 2.17. The Bertz CT molecular complexity index is 341. The normalized spacial score (nSPS) is 14.3. The van der Waals surface area contributed by atoms with Gasteiger partial charge in [-0.25, -0.2) is 4.98 Å². The molecule has 0 aliphatic carbocycles. The lowest BCUT2D eigenvalue weighted by atomic mass is 10.1. The third-order valence-electron chi connectivity index (χ3n) is 2.17. The zero-order valence-electron chi connectivity index (χ0n) is 10.3. The molecule has 1 rings (SSSR count). The lowest BCUT2D eigenvalue weighted by molar-refractivity contribution is 0.179. The monoisotopic (exact) mass is 224 g/mol. The van der Waals surface area contributed by atoms with E-state index in [0.29, 0.717) is 12.4 Å². The minimum Gasteiger partial charge on any atom is -0.393 e. The number of aromatic nitrogens is 2. The van der Waals surface area contributed by atoms with Gasteiger partial charge in [0.15, 0.2) is 0 Å². The van der Waals surface area contributed by atoms with Crippen molar-refractivity contribution in [1.29, 1.82) is 0 Å². The fraction of sp³-hybridized carbons (Fsp3) is 0.636. The number of nitrogens with one attached hydrogen (secondary N) is 2. The third kappa shape index (κ3) is 4.02. The summed E-state index contributed by atoms with van der Waals surface area (Å²) in [6.07, 6.45) is 0.381. The van der Waals surface area contributed by atoms with Crippen molar-refractivity contribution in [3.63, 3.8) is 0 Å². The quantitative estimate of drug-likeness (QED) is 0.705. The van der Waals surface area contributed by atoms with E-state index in [-0.39, 0.29) is 12.1 Å². The summed E-state index contributed by atoms with van der Waals surface area (Å²) in [5.41, 5.74) is 0.908. The number of nitrogens with zero attached hydrogens (tertiary/aromatic N) is 2. The summed E-state index contributed by atoms with van der Waals surface area (Å²) in [5.74, 6) is 1.39. The molecule has 0 bridgehead atoms. The molecule has 0 aromatic carbocycles. The van der Waals surface area contributed by atoms with Gasteiger partial charge in [0.05, 0.1) is 6.10 Å². The lowest BCUT2D eigenvalue weighted by Crippen LogP contribution is -2.21. The van der Waals surface area contributed by atoms with Crippen molar-refractivity contribution in [2.45, 2.75) is 39.3 Å². The number of aliphatic hydroxyl groups is 1. The summed E-state index contributed by atoms with van der Waals surface area (Å²) in [6.45, 7) is 5.72. The van der Waals surface area contributed by atoms with Gasteiger partial charge in [-0.3, -0.25) is 0 Å². The zero-order valence-corrected chi connectivity index (χ0v) is 10.3. The second-order valence-corrected chi connectivity index (χ2v) is 4.10. The molecule has 16 heavy (non-hydrogen) atoms. The highest BCUT2D eigenvalue weighted by Gasteiger charge is 2.07. The Morgan fingerprint density at radius 1 is 1.38 bits per heavy atom. The smallest absolute Gasteiger partial charge is 0.224 e. The molecular formula is C11H20N4O. The van der Waals surface area contributed by atoms with E-state index in [1.165, 1.54) is 0 Å². The maximum atomic E-state index is 9.27. The Labute approximate surface area is 96.3 Å². The molecule has 1 aromatic heterocycles. The van der Waals surface area contributed by atoms with Crippen molar-refractivity contribution < 1.29 is 5.11 Å². The van der Waals surface area contributed by atoms with Gasteiger partial charge < -0.3 is 15.7 Å². The van der Waals surface area contributed by atoms with Crippen LogP contribution in [0, 0.1) is 6.92 Å². The summed E-state index contributed by atoms with van der Waals surface area (Å²) in [7, 11) is 1.79. The number of aliphatic hydroxyl groups excluding tert-OH is 1. The molecule has 1 heterocycles. The van der Waals surface area contributed by atoms with Crippen LogP contribution in [-0.2, 0) is 0 Å². The summed E-state index contributed by atoms with van der Waals surface area (Å²) >= 11 is 0. The van der Waals surface area contributed by atoms with Crippen LogP contribution in [0.2, 0.25) is 0 Å². The number of rotatable bonds is 5. The Morgan fingerprint density at radius 2 is 2.06 bits per heavy atom. The maximum absolute atomic E-state index is 9.27. The van der Waals surface area contributed by atoms with Gasteiger partial charge in [-0.05, 0) is 27.2 Å². The van der Waals surface area contributed by atoms with E-state index in [4.69, 9.17) is 0 Å². The van der Waals surface area contributed by atoms with E-state index in [0.717, 1.165) is 11.5 Å². The standard InChI is InChI=1S/C11H20N4O/c1-7(5-9(3)16)13-10-6-8(2)14-11(12-4)15-10/h6-7,9,16H,5H2,1-4H3,(H2,12,13,14,15). The molecule has 1 aromatic rings. The molecule has 0 radical (unpaired) electrons. The van der Waals surface area contributed by atoms with Crippen LogP contribution in [0.25, 0.3) is 0 Å². The SMILES string of the molecule is CNc1nc(C)cc(NC(C)CC(C)O)n1. The van der Waals surface area contributed by atoms with Gasteiger partial charge in [-0.1, -0.05) is 0 Å². The zero-order chi connectivity index (χ0) is 12.1. The molecule has 0 spiro atoms. The van der Waals surface area contributed by atoms with Gasteiger partial charge in [0.1, 0.15) is 5.82 Å². The van der Waals surface area contributed by atoms with Crippen molar-refractivity contribution >= 4 is 11.8 Å². The van der Waals surface area contributed by atoms with Crippen LogP contribution >= 0.6 is 0 Å². The Kier molecular flexibility index (Phi) is 4.49. The summed E-state index contributed by atoms with van der Waals surface area (Å²) < 4.78 is 0. The molecule has 5 heteroatoms. The molecular weight excluding hydrogens is 204 g/mol. The van der Waals surface area contributed by atoms with Crippen LogP contribution in [0.1, 0.15) is 26.0 Å². The molecule has 0 amide bonds. The highest BCUT2D eigenvalue weighted by Crippen LogP contribution is 2.11. The molecule has 2 unspecified atom stereocenters. The van der Waals surface area contributed by atoms with E-state index in [2.05, 4.69) is 20.6 Å². The molecule has 2 atom stereocenters. The highest BCUT2D eigenvalue weighted by atomic mass is 16.3. The van der Waals surface area contributed by atoms with Crippen LogP contribution in [0.5, 0.6) is 0 Å². The van der Waals surface area contributed by atoms with Crippen molar-refractivity contribution in [2.24, 2.45) is 0 Å². The highest BCUT2D eigenvalue weighted by molar-refractivity contribution is 5.42. The Hall–Kier alpha value is -1.36. The van der Waals surface area contributed by atoms with Crippen LogP contribution in [-0.4, -0.2) is 34.3 Å². The molecule has 0 saturated carbocycles. The Morgan fingerprint density at radius 3 is 2.62 bits per heavy atom.